The smallest absolute Gasteiger partial charge is 0.232 e. The number of aromatic nitrogens is 1. The van der Waals surface area contributed by atoms with E-state index >= 15 is 0 Å². The first-order chi connectivity index (χ1) is 10.7. The van der Waals surface area contributed by atoms with Crippen LogP contribution in [0.4, 0.5) is 11.4 Å². The molecule has 0 bridgehead atoms. The molecule has 2 aromatic rings. The van der Waals surface area contributed by atoms with Crippen LogP contribution in [0.1, 0.15) is 6.42 Å². The van der Waals surface area contributed by atoms with Gasteiger partial charge in [-0.1, -0.05) is 27.5 Å². The summed E-state index contributed by atoms with van der Waals surface area (Å²) in [5, 5.41) is 0.520. The summed E-state index contributed by atoms with van der Waals surface area (Å²) in [4.78, 5) is 9.93. The molecule has 1 aromatic heterocycles. The Balaban J connectivity index is 1.73. The molecule has 22 heavy (non-hydrogen) atoms. The van der Waals surface area contributed by atoms with Crippen LogP contribution in [-0.4, -0.2) is 24.2 Å². The van der Waals surface area contributed by atoms with Crippen molar-refractivity contribution >= 4 is 38.9 Å². The molecular formula is C16H13BrClN3O. The summed E-state index contributed by atoms with van der Waals surface area (Å²) in [7, 11) is 0. The number of halogens is 2. The lowest BCUT2D eigenvalue weighted by Crippen LogP contribution is -2.24. The molecule has 0 unspecified atom stereocenters. The van der Waals surface area contributed by atoms with Gasteiger partial charge in [-0.15, -0.1) is 0 Å². The van der Waals surface area contributed by atoms with E-state index in [0.29, 0.717) is 16.6 Å². The van der Waals surface area contributed by atoms with Crippen LogP contribution in [0, 0.1) is 6.57 Å². The molecule has 0 spiro atoms. The van der Waals surface area contributed by atoms with Crippen LogP contribution in [0.15, 0.2) is 41.0 Å². The van der Waals surface area contributed by atoms with Crippen LogP contribution in [0.25, 0.3) is 4.85 Å². The predicted molar refractivity (Wildman–Crippen MR) is 90.9 cm³/mol. The molecule has 112 valence electrons. The van der Waals surface area contributed by atoms with E-state index in [-0.39, 0.29) is 6.10 Å². The second kappa shape index (κ2) is 6.55. The van der Waals surface area contributed by atoms with E-state index < -0.39 is 0 Å². The number of ether oxygens (including phenoxy) is 1. The van der Waals surface area contributed by atoms with Crippen molar-refractivity contribution in [1.82, 2.24) is 4.98 Å². The van der Waals surface area contributed by atoms with Gasteiger partial charge in [0.05, 0.1) is 13.1 Å². The first kappa shape index (κ1) is 15.1. The number of benzene rings is 1. The van der Waals surface area contributed by atoms with E-state index in [1.165, 1.54) is 0 Å². The van der Waals surface area contributed by atoms with Gasteiger partial charge in [-0.05, 0) is 30.3 Å². The minimum atomic E-state index is 0.0228. The van der Waals surface area contributed by atoms with Crippen LogP contribution in [-0.2, 0) is 0 Å². The molecule has 0 N–H and O–H groups in total. The molecule has 0 aliphatic carbocycles. The average molecular weight is 379 g/mol. The second-order valence-corrected chi connectivity index (χ2v) is 6.33. The van der Waals surface area contributed by atoms with Crippen molar-refractivity contribution in [3.63, 3.8) is 0 Å². The van der Waals surface area contributed by atoms with Crippen molar-refractivity contribution in [2.75, 3.05) is 18.0 Å². The zero-order valence-electron chi connectivity index (χ0n) is 11.7. The van der Waals surface area contributed by atoms with Gasteiger partial charge >= 0.3 is 0 Å². The summed E-state index contributed by atoms with van der Waals surface area (Å²) in [6.45, 7) is 8.89. The van der Waals surface area contributed by atoms with Gasteiger partial charge in [-0.2, -0.15) is 0 Å². The number of pyridine rings is 1. The monoisotopic (exact) mass is 377 g/mol. The fraction of sp³-hybridized carbons (Fsp3) is 0.250. The summed E-state index contributed by atoms with van der Waals surface area (Å²) in [5.74, 6) is 0.470. The molecule has 0 amide bonds. The maximum atomic E-state index is 7.32. The normalized spacial score (nSPS) is 17.3. The number of hydrogen-bond donors (Lipinski definition) is 0. The molecule has 1 aromatic carbocycles. The Morgan fingerprint density at radius 2 is 2.27 bits per heavy atom. The molecule has 0 saturated carbocycles. The van der Waals surface area contributed by atoms with Crippen molar-refractivity contribution in [1.29, 1.82) is 0 Å². The zero-order valence-corrected chi connectivity index (χ0v) is 14.0. The van der Waals surface area contributed by atoms with Gasteiger partial charge in [0.1, 0.15) is 11.1 Å². The van der Waals surface area contributed by atoms with E-state index in [9.17, 15) is 0 Å². The molecule has 1 fully saturated rings. The van der Waals surface area contributed by atoms with Crippen LogP contribution < -0.4 is 9.64 Å². The summed E-state index contributed by atoms with van der Waals surface area (Å²) in [6.07, 6.45) is 2.56. The average Bonchev–Trinajstić information content (AvgIpc) is 2.98. The molecule has 3 rings (SSSR count). The van der Waals surface area contributed by atoms with Crippen LogP contribution in [0.2, 0.25) is 5.02 Å². The lowest BCUT2D eigenvalue weighted by atomic mass is 10.2. The molecule has 1 saturated heterocycles. The second-order valence-electron chi connectivity index (χ2n) is 5.01. The molecule has 6 heteroatoms. The Morgan fingerprint density at radius 3 is 3.05 bits per heavy atom. The highest BCUT2D eigenvalue weighted by Crippen LogP contribution is 2.34. The largest absolute Gasteiger partial charge is 0.471 e. The summed E-state index contributed by atoms with van der Waals surface area (Å²) < 4.78 is 6.80. The highest BCUT2D eigenvalue weighted by atomic mass is 79.9. The number of rotatable bonds is 3. The highest BCUT2D eigenvalue weighted by Gasteiger charge is 2.26. The van der Waals surface area contributed by atoms with Gasteiger partial charge in [0.15, 0.2) is 0 Å². The summed E-state index contributed by atoms with van der Waals surface area (Å²) in [5.41, 5.74) is 1.59. The van der Waals surface area contributed by atoms with Crippen molar-refractivity contribution in [3.05, 3.63) is 57.4 Å². The van der Waals surface area contributed by atoms with Gasteiger partial charge in [0, 0.05) is 29.3 Å². The van der Waals surface area contributed by atoms with Gasteiger partial charge in [0.2, 0.25) is 11.6 Å². The lowest BCUT2D eigenvalue weighted by molar-refractivity contribution is 0.216. The standard InChI is InChI=1S/C16H13BrClN3O/c1-19-14-9-11(17)4-5-15(14)21-8-6-12(10-21)22-16-13(18)3-2-7-20-16/h2-5,7,9,12H,6,8,10H2/t12-/m1/s1. The quantitative estimate of drug-likeness (QED) is 0.725. The molecule has 1 atom stereocenters. The number of anilines is 1. The summed E-state index contributed by atoms with van der Waals surface area (Å²) >= 11 is 9.48. The fourth-order valence-electron chi connectivity index (χ4n) is 2.51. The molecule has 4 nitrogen and oxygen atoms in total. The SMILES string of the molecule is [C-]#[N+]c1cc(Br)ccc1N1CC[C@@H](Oc2ncccc2Cl)C1. The van der Waals surface area contributed by atoms with Crippen LogP contribution >= 0.6 is 27.5 Å². The number of hydrogen-bond acceptors (Lipinski definition) is 3. The Morgan fingerprint density at radius 1 is 1.41 bits per heavy atom. The van der Waals surface area contributed by atoms with E-state index in [1.807, 2.05) is 18.2 Å². The molecule has 2 heterocycles. The maximum absolute atomic E-state index is 7.32. The fourth-order valence-corrected chi connectivity index (χ4v) is 3.03. The first-order valence-electron chi connectivity index (χ1n) is 6.86. The Kier molecular flexibility index (Phi) is 4.51. The minimum absolute atomic E-state index is 0.0228. The van der Waals surface area contributed by atoms with Gasteiger partial charge < -0.3 is 9.64 Å². The van der Waals surface area contributed by atoms with E-state index in [2.05, 4.69) is 30.7 Å². The van der Waals surface area contributed by atoms with Gasteiger partial charge in [0.25, 0.3) is 0 Å². The van der Waals surface area contributed by atoms with Crippen molar-refractivity contribution in [2.24, 2.45) is 0 Å². The third-order valence-corrected chi connectivity index (χ3v) is 4.33. The molecule has 1 aliphatic heterocycles. The zero-order chi connectivity index (χ0) is 15.5. The van der Waals surface area contributed by atoms with Crippen LogP contribution in [0.3, 0.4) is 0 Å². The maximum Gasteiger partial charge on any atom is 0.232 e. The van der Waals surface area contributed by atoms with E-state index in [0.717, 1.165) is 29.7 Å². The Bertz CT molecular complexity index is 732. The third kappa shape index (κ3) is 3.18. The van der Waals surface area contributed by atoms with Crippen molar-refractivity contribution in [2.45, 2.75) is 12.5 Å². The lowest BCUT2D eigenvalue weighted by Gasteiger charge is -2.20. The van der Waals surface area contributed by atoms with Crippen molar-refractivity contribution < 1.29 is 4.74 Å². The topological polar surface area (TPSA) is 29.7 Å². The van der Waals surface area contributed by atoms with Gasteiger partial charge in [-0.3, -0.25) is 0 Å². The van der Waals surface area contributed by atoms with E-state index in [1.54, 1.807) is 18.3 Å². The van der Waals surface area contributed by atoms with E-state index in [4.69, 9.17) is 22.9 Å². The van der Waals surface area contributed by atoms with Gasteiger partial charge in [-0.25, -0.2) is 9.83 Å². The highest BCUT2D eigenvalue weighted by molar-refractivity contribution is 9.10. The first-order valence-corrected chi connectivity index (χ1v) is 8.03. The van der Waals surface area contributed by atoms with Crippen LogP contribution in [0.5, 0.6) is 5.88 Å². The Labute approximate surface area is 142 Å². The third-order valence-electron chi connectivity index (χ3n) is 3.55. The number of nitrogens with zero attached hydrogens (tertiary/aromatic N) is 3. The minimum Gasteiger partial charge on any atom is -0.471 e. The molecular weight excluding hydrogens is 366 g/mol. The summed E-state index contributed by atoms with van der Waals surface area (Å²) in [6, 6.07) is 9.30. The predicted octanol–water partition coefficient (Wildman–Crippen LogP) is 4.71. The van der Waals surface area contributed by atoms with Crippen molar-refractivity contribution in [3.8, 4) is 5.88 Å². The molecule has 1 aliphatic rings. The molecule has 0 radical (unpaired) electrons. The Hall–Kier alpha value is -1.77.